The zero-order valence-corrected chi connectivity index (χ0v) is 15.2. The van der Waals surface area contributed by atoms with E-state index in [9.17, 15) is 9.18 Å². The van der Waals surface area contributed by atoms with Crippen molar-refractivity contribution in [1.82, 2.24) is 14.5 Å². The largest absolute Gasteiger partial charge is 0.378 e. The first-order valence-electron chi connectivity index (χ1n) is 8.38. The van der Waals surface area contributed by atoms with Crippen LogP contribution < -0.4 is 10.9 Å². The predicted octanol–water partition coefficient (Wildman–Crippen LogP) is 4.68. The molecule has 0 bridgehead atoms. The van der Waals surface area contributed by atoms with Crippen LogP contribution in [0.5, 0.6) is 0 Å². The number of aromatic nitrogens is 3. The molecule has 136 valence electrons. The lowest BCUT2D eigenvalue weighted by Crippen LogP contribution is -2.19. The minimum atomic E-state index is -0.546. The van der Waals surface area contributed by atoms with Gasteiger partial charge in [0.15, 0.2) is 0 Å². The van der Waals surface area contributed by atoms with Gasteiger partial charge in [0.25, 0.3) is 5.56 Å². The highest BCUT2D eigenvalue weighted by molar-refractivity contribution is 6.31. The van der Waals surface area contributed by atoms with E-state index in [-0.39, 0.29) is 22.1 Å². The molecule has 4 rings (SSSR count). The van der Waals surface area contributed by atoms with E-state index in [4.69, 9.17) is 11.6 Å². The van der Waals surface area contributed by atoms with Gasteiger partial charge < -0.3 is 14.9 Å². The van der Waals surface area contributed by atoms with Crippen LogP contribution in [0.3, 0.4) is 0 Å². The number of imidazole rings is 1. The number of pyridine rings is 1. The van der Waals surface area contributed by atoms with E-state index in [1.54, 1.807) is 24.7 Å². The maximum absolute atomic E-state index is 14.0. The first-order valence-corrected chi connectivity index (χ1v) is 8.76. The fourth-order valence-electron chi connectivity index (χ4n) is 3.08. The van der Waals surface area contributed by atoms with Gasteiger partial charge in [0.1, 0.15) is 5.82 Å². The molecule has 0 spiro atoms. The van der Waals surface area contributed by atoms with Crippen LogP contribution in [0.15, 0.2) is 66.0 Å². The Hall–Kier alpha value is -3.12. The fraction of sp³-hybridized carbons (Fsp3) is 0.100. The van der Waals surface area contributed by atoms with Gasteiger partial charge in [0.2, 0.25) is 0 Å². The number of benzene rings is 2. The summed E-state index contributed by atoms with van der Waals surface area (Å²) in [6.45, 7) is 1.88. The molecule has 2 aromatic carbocycles. The zero-order chi connectivity index (χ0) is 19.0. The molecule has 0 saturated heterocycles. The third-order valence-electron chi connectivity index (χ3n) is 4.40. The lowest BCUT2D eigenvalue weighted by atomic mass is 10.1. The third-order valence-corrected chi connectivity index (χ3v) is 4.61. The van der Waals surface area contributed by atoms with Crippen molar-refractivity contribution in [2.75, 3.05) is 5.32 Å². The summed E-state index contributed by atoms with van der Waals surface area (Å²) in [7, 11) is 0. The number of rotatable bonds is 4. The molecule has 0 radical (unpaired) electrons. The Labute approximate surface area is 159 Å². The van der Waals surface area contributed by atoms with Crippen LogP contribution in [0.4, 0.5) is 10.1 Å². The number of hydrogen-bond acceptors (Lipinski definition) is 3. The van der Waals surface area contributed by atoms with E-state index in [1.807, 2.05) is 42.0 Å². The molecule has 2 aromatic heterocycles. The second-order valence-electron chi connectivity index (χ2n) is 6.29. The second-order valence-corrected chi connectivity index (χ2v) is 6.73. The average Bonchev–Trinajstić information content (AvgIpc) is 3.17. The highest BCUT2D eigenvalue weighted by Crippen LogP contribution is 2.24. The highest BCUT2D eigenvalue weighted by atomic mass is 35.5. The molecule has 2 heterocycles. The molecule has 0 aliphatic carbocycles. The second kappa shape index (κ2) is 6.89. The molecule has 4 aromatic rings. The molecular weight excluding hydrogens is 367 g/mol. The fourth-order valence-corrected chi connectivity index (χ4v) is 3.29. The summed E-state index contributed by atoms with van der Waals surface area (Å²) in [4.78, 5) is 19.1. The molecule has 5 nitrogen and oxygen atoms in total. The van der Waals surface area contributed by atoms with E-state index in [1.165, 1.54) is 6.07 Å². The lowest BCUT2D eigenvalue weighted by molar-refractivity contribution is 0.636. The monoisotopic (exact) mass is 382 g/mol. The van der Waals surface area contributed by atoms with Gasteiger partial charge in [0.05, 0.1) is 17.9 Å². The van der Waals surface area contributed by atoms with E-state index in [2.05, 4.69) is 15.3 Å². The van der Waals surface area contributed by atoms with Gasteiger partial charge in [-0.2, -0.15) is 0 Å². The van der Waals surface area contributed by atoms with E-state index in [0.717, 1.165) is 11.4 Å². The molecule has 0 aliphatic heterocycles. The summed E-state index contributed by atoms with van der Waals surface area (Å²) in [5.41, 5.74) is 2.12. The van der Waals surface area contributed by atoms with Crippen molar-refractivity contribution in [1.29, 1.82) is 0 Å². The smallest absolute Gasteiger partial charge is 0.253 e. The molecule has 0 saturated carbocycles. The third kappa shape index (κ3) is 3.44. The molecule has 2 N–H and O–H groups in total. The van der Waals surface area contributed by atoms with Gasteiger partial charge in [-0.15, -0.1) is 0 Å². The van der Waals surface area contributed by atoms with Crippen molar-refractivity contribution in [3.8, 4) is 5.69 Å². The summed E-state index contributed by atoms with van der Waals surface area (Å²) < 4.78 is 15.9. The number of H-pyrrole nitrogens is 1. The quantitative estimate of drug-likeness (QED) is 0.538. The van der Waals surface area contributed by atoms with Crippen molar-refractivity contribution >= 4 is 28.2 Å². The summed E-state index contributed by atoms with van der Waals surface area (Å²) >= 11 is 5.94. The Morgan fingerprint density at radius 2 is 2.11 bits per heavy atom. The van der Waals surface area contributed by atoms with Crippen molar-refractivity contribution in [3.05, 3.63) is 87.9 Å². The Morgan fingerprint density at radius 1 is 1.26 bits per heavy atom. The number of aromatic amines is 1. The number of nitrogens with zero attached hydrogens (tertiary/aromatic N) is 2. The van der Waals surface area contributed by atoms with E-state index in [0.29, 0.717) is 10.9 Å². The minimum absolute atomic E-state index is 0.155. The first kappa shape index (κ1) is 17.3. The van der Waals surface area contributed by atoms with Gasteiger partial charge in [-0.1, -0.05) is 17.7 Å². The SMILES string of the molecule is C[C@H](Nc1cccc(-n2ccnc2)c1)c1cc2cc(Cl)cc(F)c2[nH]c1=O. The van der Waals surface area contributed by atoms with Crippen molar-refractivity contribution in [3.63, 3.8) is 0 Å². The summed E-state index contributed by atoms with van der Waals surface area (Å²) in [6, 6.07) is 12.0. The van der Waals surface area contributed by atoms with Crippen molar-refractivity contribution in [2.45, 2.75) is 13.0 Å². The van der Waals surface area contributed by atoms with Crippen LogP contribution in [-0.4, -0.2) is 14.5 Å². The molecule has 0 amide bonds. The predicted molar refractivity (Wildman–Crippen MR) is 105 cm³/mol. The van der Waals surface area contributed by atoms with E-state index >= 15 is 0 Å². The first-order chi connectivity index (χ1) is 13.0. The number of anilines is 1. The number of halogens is 2. The van der Waals surface area contributed by atoms with Gasteiger partial charge in [0, 0.05) is 39.7 Å². The highest BCUT2D eigenvalue weighted by Gasteiger charge is 2.14. The van der Waals surface area contributed by atoms with E-state index < -0.39 is 5.82 Å². The maximum atomic E-state index is 14.0. The Morgan fingerprint density at radius 3 is 2.89 bits per heavy atom. The molecule has 7 heteroatoms. The van der Waals surface area contributed by atoms with Crippen LogP contribution in [0.2, 0.25) is 5.02 Å². The van der Waals surface area contributed by atoms with Crippen LogP contribution >= 0.6 is 11.6 Å². The van der Waals surface area contributed by atoms with Gasteiger partial charge in [-0.3, -0.25) is 4.79 Å². The standard InChI is InChI=1S/C20H16ClFN4O/c1-12(24-15-3-2-4-16(10-15)26-6-5-23-11-26)17-8-13-7-14(21)9-18(22)19(13)25-20(17)27/h2-12,24H,1H3,(H,25,27)/t12-/m0/s1. The van der Waals surface area contributed by atoms with Crippen LogP contribution in [0.1, 0.15) is 18.5 Å². The van der Waals surface area contributed by atoms with Crippen LogP contribution in [-0.2, 0) is 0 Å². The molecule has 27 heavy (non-hydrogen) atoms. The zero-order valence-electron chi connectivity index (χ0n) is 14.4. The number of fused-ring (bicyclic) bond motifs is 1. The Balaban J connectivity index is 1.67. The molecular formula is C20H16ClFN4O. The normalized spacial score (nSPS) is 12.3. The Kier molecular flexibility index (Phi) is 4.41. The van der Waals surface area contributed by atoms with Gasteiger partial charge in [-0.05, 0) is 43.3 Å². The average molecular weight is 383 g/mol. The van der Waals surface area contributed by atoms with Crippen LogP contribution in [0, 0.1) is 5.82 Å². The summed E-state index contributed by atoms with van der Waals surface area (Å²) in [5.74, 6) is -0.546. The summed E-state index contributed by atoms with van der Waals surface area (Å²) in [5, 5.41) is 4.15. The van der Waals surface area contributed by atoms with Crippen LogP contribution in [0.25, 0.3) is 16.6 Å². The maximum Gasteiger partial charge on any atom is 0.253 e. The molecule has 1 atom stereocenters. The minimum Gasteiger partial charge on any atom is -0.378 e. The van der Waals surface area contributed by atoms with Gasteiger partial charge >= 0.3 is 0 Å². The summed E-state index contributed by atoms with van der Waals surface area (Å²) in [6.07, 6.45) is 5.28. The van der Waals surface area contributed by atoms with Crippen molar-refractivity contribution in [2.24, 2.45) is 0 Å². The molecule has 0 fully saturated rings. The number of hydrogen-bond donors (Lipinski definition) is 2. The van der Waals surface area contributed by atoms with Crippen molar-refractivity contribution < 1.29 is 4.39 Å². The number of nitrogens with one attached hydrogen (secondary N) is 2. The lowest BCUT2D eigenvalue weighted by Gasteiger charge is -2.16. The Bertz CT molecular complexity index is 1170. The molecule has 0 aliphatic rings. The molecule has 0 unspecified atom stereocenters. The topological polar surface area (TPSA) is 62.7 Å². The van der Waals surface area contributed by atoms with Gasteiger partial charge in [-0.25, -0.2) is 9.37 Å².